The van der Waals surface area contributed by atoms with E-state index in [9.17, 15) is 14.7 Å². The van der Waals surface area contributed by atoms with E-state index in [4.69, 9.17) is 5.73 Å². The van der Waals surface area contributed by atoms with Gasteiger partial charge in [-0.25, -0.2) is 4.79 Å². The van der Waals surface area contributed by atoms with E-state index in [0.717, 1.165) is 16.7 Å². The molecule has 0 aliphatic heterocycles. The van der Waals surface area contributed by atoms with Crippen molar-refractivity contribution in [3.05, 3.63) is 90.5 Å². The summed E-state index contributed by atoms with van der Waals surface area (Å²) in [7, 11) is 0. The smallest absolute Gasteiger partial charge is 0.327 e. The van der Waals surface area contributed by atoms with Crippen molar-refractivity contribution in [3.8, 4) is 11.1 Å². The number of carboxylic acids is 1. The van der Waals surface area contributed by atoms with Gasteiger partial charge in [0.2, 0.25) is 5.91 Å². The molecule has 0 radical (unpaired) electrons. The molecule has 6 heteroatoms. The summed E-state index contributed by atoms with van der Waals surface area (Å²) < 4.78 is 0. The van der Waals surface area contributed by atoms with Crippen LogP contribution in [0.2, 0.25) is 0 Å². The molecule has 0 aromatic heterocycles. The van der Waals surface area contributed by atoms with Crippen LogP contribution in [0.25, 0.3) is 11.1 Å². The molecule has 5 nitrogen and oxygen atoms in total. The van der Waals surface area contributed by atoms with Gasteiger partial charge in [0.05, 0.1) is 6.04 Å². The van der Waals surface area contributed by atoms with Crippen LogP contribution in [0.15, 0.2) is 84.9 Å². The Bertz CT molecular complexity index is 996. The lowest BCUT2D eigenvalue weighted by Gasteiger charge is -2.31. The van der Waals surface area contributed by atoms with E-state index in [-0.39, 0.29) is 12.2 Å². The number of carbonyl (C=O) groups excluding carboxylic acids is 1. The Kier molecular flexibility index (Phi) is 7.27. The summed E-state index contributed by atoms with van der Waals surface area (Å²) in [5, 5.41) is 10.1. The monoisotopic (exact) mass is 420 g/mol. The van der Waals surface area contributed by atoms with Gasteiger partial charge in [0.1, 0.15) is 6.04 Å². The molecule has 0 aliphatic carbocycles. The Morgan fingerprint density at radius 1 is 0.900 bits per heavy atom. The van der Waals surface area contributed by atoms with Gasteiger partial charge in [0.25, 0.3) is 0 Å². The molecule has 0 heterocycles. The Hall–Kier alpha value is -3.09. The first-order chi connectivity index (χ1) is 14.5. The molecule has 0 unspecified atom stereocenters. The van der Waals surface area contributed by atoms with Crippen LogP contribution >= 0.6 is 12.6 Å². The maximum absolute atomic E-state index is 13.1. The van der Waals surface area contributed by atoms with Crippen LogP contribution in [0, 0.1) is 0 Å². The number of carbonyl (C=O) groups is 2. The highest BCUT2D eigenvalue weighted by Gasteiger charge is 2.34. The van der Waals surface area contributed by atoms with E-state index in [2.05, 4.69) is 12.6 Å². The van der Waals surface area contributed by atoms with Crippen molar-refractivity contribution in [2.45, 2.75) is 18.5 Å². The fraction of sp³-hybridized carbons (Fsp3) is 0.167. The highest BCUT2D eigenvalue weighted by Crippen LogP contribution is 2.27. The van der Waals surface area contributed by atoms with Gasteiger partial charge in [-0.3, -0.25) is 9.69 Å². The molecule has 3 aromatic carbocycles. The van der Waals surface area contributed by atoms with Crippen LogP contribution in [0.4, 0.5) is 5.69 Å². The zero-order chi connectivity index (χ0) is 21.5. The Labute approximate surface area is 181 Å². The second-order valence-corrected chi connectivity index (χ2v) is 7.28. The lowest BCUT2D eigenvalue weighted by Crippen LogP contribution is -2.53. The van der Waals surface area contributed by atoms with Crippen molar-refractivity contribution in [1.29, 1.82) is 0 Å². The minimum Gasteiger partial charge on any atom is -0.480 e. The number of carboxylic acid groups (broad SMARTS) is 1. The molecule has 3 rings (SSSR count). The maximum atomic E-state index is 13.1. The van der Waals surface area contributed by atoms with Crippen LogP contribution in [-0.4, -0.2) is 34.8 Å². The van der Waals surface area contributed by atoms with Crippen molar-refractivity contribution >= 4 is 30.2 Å². The molecule has 0 saturated heterocycles. The number of para-hydroxylation sites is 1. The molecule has 0 fully saturated rings. The Balaban J connectivity index is 2.04. The predicted octanol–water partition coefficient (Wildman–Crippen LogP) is 3.64. The molecule has 30 heavy (non-hydrogen) atoms. The first-order valence-corrected chi connectivity index (χ1v) is 10.3. The number of nitrogens with zero attached hydrogens (tertiary/aromatic N) is 1. The van der Waals surface area contributed by atoms with E-state index >= 15 is 0 Å². The number of aliphatic carboxylic acids is 1. The lowest BCUT2D eigenvalue weighted by molar-refractivity contribution is -0.140. The minimum atomic E-state index is -1.12. The molecule has 0 spiro atoms. The first-order valence-electron chi connectivity index (χ1n) is 9.63. The minimum absolute atomic E-state index is 0.120. The zero-order valence-corrected chi connectivity index (χ0v) is 17.3. The molecule has 3 aromatic rings. The fourth-order valence-electron chi connectivity index (χ4n) is 3.40. The van der Waals surface area contributed by atoms with E-state index in [0.29, 0.717) is 5.69 Å². The molecule has 154 valence electrons. The summed E-state index contributed by atoms with van der Waals surface area (Å²) >= 11 is 4.13. The summed E-state index contributed by atoms with van der Waals surface area (Å²) in [6.45, 7) is 0. The van der Waals surface area contributed by atoms with Gasteiger partial charge in [-0.15, -0.1) is 0 Å². The van der Waals surface area contributed by atoms with Crippen LogP contribution in [0.1, 0.15) is 5.56 Å². The molecule has 0 aliphatic rings. The fourth-order valence-corrected chi connectivity index (χ4v) is 3.56. The molecular weight excluding hydrogens is 396 g/mol. The van der Waals surface area contributed by atoms with Gasteiger partial charge in [-0.1, -0.05) is 72.8 Å². The van der Waals surface area contributed by atoms with Crippen molar-refractivity contribution < 1.29 is 14.7 Å². The summed E-state index contributed by atoms with van der Waals surface area (Å²) in [5.74, 6) is -1.45. The Morgan fingerprint density at radius 2 is 1.47 bits per heavy atom. The van der Waals surface area contributed by atoms with Crippen LogP contribution in [0.3, 0.4) is 0 Å². The lowest BCUT2D eigenvalue weighted by atomic mass is 9.94. The van der Waals surface area contributed by atoms with Crippen molar-refractivity contribution in [2.24, 2.45) is 5.73 Å². The highest BCUT2D eigenvalue weighted by atomic mass is 32.1. The van der Waals surface area contributed by atoms with Crippen molar-refractivity contribution in [2.75, 3.05) is 10.7 Å². The average molecular weight is 421 g/mol. The molecule has 0 saturated carbocycles. The Morgan fingerprint density at radius 3 is 2.07 bits per heavy atom. The van der Waals surface area contributed by atoms with E-state index in [1.165, 1.54) is 4.90 Å². The third kappa shape index (κ3) is 4.90. The third-order valence-corrected chi connectivity index (χ3v) is 5.29. The molecule has 3 N–H and O–H groups in total. The summed E-state index contributed by atoms with van der Waals surface area (Å²) in [6, 6.07) is 24.1. The zero-order valence-electron chi connectivity index (χ0n) is 16.4. The van der Waals surface area contributed by atoms with Gasteiger partial charge >= 0.3 is 5.97 Å². The highest BCUT2D eigenvalue weighted by molar-refractivity contribution is 7.80. The number of rotatable bonds is 8. The SMILES string of the molecule is N[C@@H](CS)C(=O)N(c1ccccc1)[C@@H](Cc1ccccc1-c1ccccc1)C(=O)O. The summed E-state index contributed by atoms with van der Waals surface area (Å²) in [6.07, 6.45) is 0.139. The third-order valence-electron chi connectivity index (χ3n) is 4.90. The molecule has 2 atom stereocenters. The van der Waals surface area contributed by atoms with Crippen LogP contribution in [0.5, 0.6) is 0 Å². The van der Waals surface area contributed by atoms with Crippen LogP contribution in [-0.2, 0) is 16.0 Å². The second-order valence-electron chi connectivity index (χ2n) is 6.91. The number of hydrogen-bond acceptors (Lipinski definition) is 4. The molecule has 0 bridgehead atoms. The van der Waals surface area contributed by atoms with Gasteiger partial charge in [0, 0.05) is 17.9 Å². The molecule has 1 amide bonds. The van der Waals surface area contributed by atoms with Crippen molar-refractivity contribution in [3.63, 3.8) is 0 Å². The first kappa shape index (κ1) is 21.6. The number of thiol groups is 1. The van der Waals surface area contributed by atoms with E-state index in [1.807, 2.05) is 60.7 Å². The predicted molar refractivity (Wildman–Crippen MR) is 123 cm³/mol. The topological polar surface area (TPSA) is 83.6 Å². The number of amides is 1. The van der Waals surface area contributed by atoms with Gasteiger partial charge in [-0.05, 0) is 28.8 Å². The second kappa shape index (κ2) is 10.1. The average Bonchev–Trinajstić information content (AvgIpc) is 2.79. The normalized spacial score (nSPS) is 12.7. The van der Waals surface area contributed by atoms with E-state index in [1.54, 1.807) is 24.3 Å². The number of nitrogens with two attached hydrogens (primary N) is 1. The quantitative estimate of drug-likeness (QED) is 0.486. The molecular formula is C24H24N2O3S. The summed E-state index contributed by atoms with van der Waals surface area (Å²) in [4.78, 5) is 26.7. The van der Waals surface area contributed by atoms with Gasteiger partial charge in [0.15, 0.2) is 0 Å². The van der Waals surface area contributed by atoms with Crippen LogP contribution < -0.4 is 10.6 Å². The number of benzene rings is 3. The van der Waals surface area contributed by atoms with Gasteiger partial charge < -0.3 is 10.8 Å². The largest absolute Gasteiger partial charge is 0.480 e. The number of hydrogen-bond donors (Lipinski definition) is 3. The summed E-state index contributed by atoms with van der Waals surface area (Å²) in [5.41, 5.74) is 9.20. The standard InChI is InChI=1S/C24H24N2O3S/c25-21(16-30)23(27)26(19-12-5-2-6-13-19)22(24(28)29)15-18-11-7-8-14-20(18)17-9-3-1-4-10-17/h1-14,21-22,30H,15-16,25H2,(H,28,29)/t21-,22-/m0/s1. The maximum Gasteiger partial charge on any atom is 0.327 e. The number of anilines is 1. The van der Waals surface area contributed by atoms with Crippen molar-refractivity contribution in [1.82, 2.24) is 0 Å². The van der Waals surface area contributed by atoms with E-state index < -0.39 is 24.0 Å². The van der Waals surface area contributed by atoms with Gasteiger partial charge in [-0.2, -0.15) is 12.6 Å².